The van der Waals surface area contributed by atoms with Crippen LogP contribution in [0.25, 0.3) is 0 Å². The van der Waals surface area contributed by atoms with Gasteiger partial charge in [0.1, 0.15) is 17.3 Å². The van der Waals surface area contributed by atoms with Gasteiger partial charge in [-0.1, -0.05) is 37.6 Å². The van der Waals surface area contributed by atoms with E-state index in [4.69, 9.17) is 11.6 Å². The third kappa shape index (κ3) is 5.81. The van der Waals surface area contributed by atoms with Crippen LogP contribution in [0.15, 0.2) is 30.3 Å². The van der Waals surface area contributed by atoms with Gasteiger partial charge in [0.2, 0.25) is 0 Å². The number of carbonyl (C=O) groups excluding carboxylic acids is 1. The van der Waals surface area contributed by atoms with Gasteiger partial charge in [-0.2, -0.15) is 0 Å². The molecular formula is C18H23ClN4O. The van der Waals surface area contributed by atoms with Gasteiger partial charge in [0.25, 0.3) is 5.91 Å². The summed E-state index contributed by atoms with van der Waals surface area (Å²) in [6.07, 6.45) is 0.942. The van der Waals surface area contributed by atoms with E-state index in [1.54, 1.807) is 13.0 Å². The molecule has 0 saturated heterocycles. The molecule has 1 amide bonds. The van der Waals surface area contributed by atoms with Gasteiger partial charge < -0.3 is 10.6 Å². The molecule has 0 radical (unpaired) electrons. The monoisotopic (exact) mass is 346 g/mol. The Morgan fingerprint density at radius 3 is 2.58 bits per heavy atom. The minimum absolute atomic E-state index is 0.171. The van der Waals surface area contributed by atoms with Crippen molar-refractivity contribution in [3.05, 3.63) is 52.4 Å². The molecule has 0 bridgehead atoms. The standard InChI is InChI=1S/C18H23ClN4O/c1-12(2)8-9-20-18(24)16-10-17(23-13(3)22-16)21-11-14-4-6-15(19)7-5-14/h4-7,10,12H,8-9,11H2,1-3H3,(H,20,24)(H,21,22,23). The summed E-state index contributed by atoms with van der Waals surface area (Å²) in [6, 6.07) is 9.26. The Morgan fingerprint density at radius 1 is 1.21 bits per heavy atom. The molecule has 2 aromatic rings. The molecule has 0 aliphatic heterocycles. The molecular weight excluding hydrogens is 324 g/mol. The average molecular weight is 347 g/mol. The number of hydrogen-bond acceptors (Lipinski definition) is 4. The second kappa shape index (κ2) is 8.64. The fourth-order valence-corrected chi connectivity index (χ4v) is 2.26. The van der Waals surface area contributed by atoms with E-state index < -0.39 is 0 Å². The Morgan fingerprint density at radius 2 is 1.92 bits per heavy atom. The van der Waals surface area contributed by atoms with Crippen molar-refractivity contribution < 1.29 is 4.79 Å². The Balaban J connectivity index is 1.99. The summed E-state index contributed by atoms with van der Waals surface area (Å²) in [5.74, 6) is 1.57. The SMILES string of the molecule is Cc1nc(NCc2ccc(Cl)cc2)cc(C(=O)NCCC(C)C)n1. The number of rotatable bonds is 7. The number of benzene rings is 1. The lowest BCUT2D eigenvalue weighted by atomic mass is 10.1. The zero-order chi connectivity index (χ0) is 17.5. The molecule has 0 fully saturated rings. The molecule has 0 atom stereocenters. The number of aryl methyl sites for hydroxylation is 1. The molecule has 1 aromatic carbocycles. The number of nitrogens with zero attached hydrogens (tertiary/aromatic N) is 2. The van der Waals surface area contributed by atoms with E-state index in [1.807, 2.05) is 24.3 Å². The maximum atomic E-state index is 12.2. The first-order valence-corrected chi connectivity index (χ1v) is 8.44. The Kier molecular flexibility index (Phi) is 6.55. The van der Waals surface area contributed by atoms with Crippen LogP contribution < -0.4 is 10.6 Å². The molecule has 1 aromatic heterocycles. The van der Waals surface area contributed by atoms with E-state index in [2.05, 4.69) is 34.4 Å². The van der Waals surface area contributed by atoms with Crippen LogP contribution in [0.2, 0.25) is 5.02 Å². The van der Waals surface area contributed by atoms with Crippen molar-refractivity contribution in [3.8, 4) is 0 Å². The number of nitrogens with one attached hydrogen (secondary N) is 2. The van der Waals surface area contributed by atoms with Gasteiger partial charge in [-0.25, -0.2) is 9.97 Å². The Labute approximate surface area is 147 Å². The highest BCUT2D eigenvalue weighted by Gasteiger charge is 2.10. The Bertz CT molecular complexity index is 686. The van der Waals surface area contributed by atoms with E-state index in [0.29, 0.717) is 41.4 Å². The summed E-state index contributed by atoms with van der Waals surface area (Å²) >= 11 is 5.88. The van der Waals surface area contributed by atoms with Crippen LogP contribution in [0.1, 0.15) is 42.1 Å². The molecule has 0 aliphatic rings. The fraction of sp³-hybridized carbons (Fsp3) is 0.389. The Hall–Kier alpha value is -2.14. The first-order valence-electron chi connectivity index (χ1n) is 8.06. The summed E-state index contributed by atoms with van der Waals surface area (Å²) in [4.78, 5) is 20.7. The van der Waals surface area contributed by atoms with Gasteiger partial charge in [0, 0.05) is 24.2 Å². The molecule has 6 heteroatoms. The lowest BCUT2D eigenvalue weighted by Gasteiger charge is -2.10. The smallest absolute Gasteiger partial charge is 0.270 e. The summed E-state index contributed by atoms with van der Waals surface area (Å²) < 4.78 is 0. The molecule has 128 valence electrons. The van der Waals surface area contributed by atoms with Crippen LogP contribution in [0.5, 0.6) is 0 Å². The van der Waals surface area contributed by atoms with Crippen LogP contribution in [-0.2, 0) is 6.54 Å². The van der Waals surface area contributed by atoms with Crippen molar-refractivity contribution in [3.63, 3.8) is 0 Å². The second-order valence-corrected chi connectivity index (χ2v) is 6.54. The zero-order valence-corrected chi connectivity index (χ0v) is 15.0. The van der Waals surface area contributed by atoms with Crippen molar-refractivity contribution in [2.24, 2.45) is 5.92 Å². The van der Waals surface area contributed by atoms with E-state index in [9.17, 15) is 4.79 Å². The highest BCUT2D eigenvalue weighted by Crippen LogP contribution is 2.12. The number of halogens is 1. The van der Waals surface area contributed by atoms with Gasteiger partial charge in [0.05, 0.1) is 0 Å². The van der Waals surface area contributed by atoms with Gasteiger partial charge in [-0.05, 0) is 37.0 Å². The maximum Gasteiger partial charge on any atom is 0.270 e. The highest BCUT2D eigenvalue weighted by atomic mass is 35.5. The molecule has 2 rings (SSSR count). The normalized spacial score (nSPS) is 10.7. The molecule has 0 spiro atoms. The number of anilines is 1. The van der Waals surface area contributed by atoms with Gasteiger partial charge in [-0.15, -0.1) is 0 Å². The van der Waals surface area contributed by atoms with Crippen LogP contribution in [-0.4, -0.2) is 22.4 Å². The first kappa shape index (κ1) is 18.2. The van der Waals surface area contributed by atoms with Crippen LogP contribution >= 0.6 is 11.6 Å². The maximum absolute atomic E-state index is 12.2. The van der Waals surface area contributed by atoms with Crippen molar-refractivity contribution in [2.45, 2.75) is 33.7 Å². The van der Waals surface area contributed by atoms with Crippen LogP contribution in [0, 0.1) is 12.8 Å². The molecule has 0 unspecified atom stereocenters. The number of aromatic nitrogens is 2. The first-order chi connectivity index (χ1) is 11.4. The van der Waals surface area contributed by atoms with Crippen molar-refractivity contribution in [2.75, 3.05) is 11.9 Å². The van der Waals surface area contributed by atoms with Crippen LogP contribution in [0.4, 0.5) is 5.82 Å². The third-order valence-corrected chi connectivity index (χ3v) is 3.72. The summed E-state index contributed by atoms with van der Waals surface area (Å²) in [6.45, 7) is 7.27. The van der Waals surface area contributed by atoms with Crippen LogP contribution in [0.3, 0.4) is 0 Å². The number of amides is 1. The average Bonchev–Trinajstić information content (AvgIpc) is 2.53. The zero-order valence-electron chi connectivity index (χ0n) is 14.3. The molecule has 1 heterocycles. The van der Waals surface area contributed by atoms with E-state index in [1.165, 1.54) is 0 Å². The number of carbonyl (C=O) groups is 1. The molecule has 24 heavy (non-hydrogen) atoms. The predicted octanol–water partition coefficient (Wildman–Crippen LogP) is 3.83. The lowest BCUT2D eigenvalue weighted by Crippen LogP contribution is -2.26. The molecule has 0 saturated carbocycles. The van der Waals surface area contributed by atoms with Gasteiger partial charge >= 0.3 is 0 Å². The lowest BCUT2D eigenvalue weighted by molar-refractivity contribution is 0.0946. The predicted molar refractivity (Wildman–Crippen MR) is 97.3 cm³/mol. The fourth-order valence-electron chi connectivity index (χ4n) is 2.13. The summed E-state index contributed by atoms with van der Waals surface area (Å²) in [5.41, 5.74) is 1.46. The quantitative estimate of drug-likeness (QED) is 0.799. The summed E-state index contributed by atoms with van der Waals surface area (Å²) in [7, 11) is 0. The second-order valence-electron chi connectivity index (χ2n) is 6.10. The van der Waals surface area contributed by atoms with Gasteiger partial charge in [0.15, 0.2) is 0 Å². The minimum Gasteiger partial charge on any atom is -0.366 e. The van der Waals surface area contributed by atoms with Crippen molar-refractivity contribution in [1.82, 2.24) is 15.3 Å². The highest BCUT2D eigenvalue weighted by molar-refractivity contribution is 6.30. The van der Waals surface area contributed by atoms with E-state index in [0.717, 1.165) is 12.0 Å². The van der Waals surface area contributed by atoms with E-state index >= 15 is 0 Å². The molecule has 2 N–H and O–H groups in total. The van der Waals surface area contributed by atoms with E-state index in [-0.39, 0.29) is 5.91 Å². The third-order valence-electron chi connectivity index (χ3n) is 3.46. The molecule has 0 aliphatic carbocycles. The topological polar surface area (TPSA) is 66.9 Å². The molecule has 5 nitrogen and oxygen atoms in total. The largest absolute Gasteiger partial charge is 0.366 e. The van der Waals surface area contributed by atoms with Crippen molar-refractivity contribution in [1.29, 1.82) is 0 Å². The summed E-state index contributed by atoms with van der Waals surface area (Å²) in [5, 5.41) is 6.82. The number of hydrogen-bond donors (Lipinski definition) is 2. The van der Waals surface area contributed by atoms with Crippen molar-refractivity contribution >= 4 is 23.3 Å². The van der Waals surface area contributed by atoms with Gasteiger partial charge in [-0.3, -0.25) is 4.79 Å². The minimum atomic E-state index is -0.171.